The minimum Gasteiger partial charge on any atom is -0.452 e. The molecule has 0 unspecified atom stereocenters. The number of carbonyl (C=O) groups is 3. The standard InChI is InChI=1S/C16H13ClFN3O4/c17-13-6-1-10(7-19-13)16(24)25-9-15(23)20-8-14(22)21-12-4-2-11(18)3-5-12/h1-7H,8-9H2,(H,20,23)(H,21,22). The van der Waals surface area contributed by atoms with Crippen LogP contribution in [0.1, 0.15) is 10.4 Å². The number of carbonyl (C=O) groups excluding carboxylic acids is 3. The van der Waals surface area contributed by atoms with Crippen molar-refractivity contribution in [2.24, 2.45) is 0 Å². The van der Waals surface area contributed by atoms with E-state index in [0.717, 1.165) is 0 Å². The zero-order chi connectivity index (χ0) is 18.2. The predicted octanol–water partition coefficient (Wildman–Crippen LogP) is 1.79. The molecule has 1 heterocycles. The molecule has 0 saturated heterocycles. The first kappa shape index (κ1) is 18.3. The van der Waals surface area contributed by atoms with Gasteiger partial charge in [0, 0.05) is 11.9 Å². The topological polar surface area (TPSA) is 97.4 Å². The third kappa shape index (κ3) is 6.19. The Balaban J connectivity index is 1.71. The van der Waals surface area contributed by atoms with E-state index in [1.807, 2.05) is 0 Å². The first-order chi connectivity index (χ1) is 11.9. The average Bonchev–Trinajstić information content (AvgIpc) is 2.60. The lowest BCUT2D eigenvalue weighted by Crippen LogP contribution is -2.35. The summed E-state index contributed by atoms with van der Waals surface area (Å²) in [5, 5.41) is 4.99. The summed E-state index contributed by atoms with van der Waals surface area (Å²) in [5.41, 5.74) is 0.536. The first-order valence-electron chi connectivity index (χ1n) is 7.05. The molecule has 2 aromatic rings. The monoisotopic (exact) mass is 365 g/mol. The van der Waals surface area contributed by atoms with Gasteiger partial charge >= 0.3 is 5.97 Å². The van der Waals surface area contributed by atoms with E-state index in [2.05, 4.69) is 15.6 Å². The highest BCUT2D eigenvalue weighted by Crippen LogP contribution is 2.08. The number of halogens is 2. The van der Waals surface area contributed by atoms with Crippen LogP contribution in [0.3, 0.4) is 0 Å². The Hall–Kier alpha value is -3.00. The van der Waals surface area contributed by atoms with Gasteiger partial charge in [0.2, 0.25) is 5.91 Å². The second kappa shape index (κ2) is 8.74. The van der Waals surface area contributed by atoms with E-state index in [-0.39, 0.29) is 17.3 Å². The number of ether oxygens (including phenoxy) is 1. The van der Waals surface area contributed by atoms with Crippen molar-refractivity contribution in [3.8, 4) is 0 Å². The van der Waals surface area contributed by atoms with E-state index < -0.39 is 30.2 Å². The van der Waals surface area contributed by atoms with Crippen LogP contribution in [0.25, 0.3) is 0 Å². The molecule has 2 amide bonds. The zero-order valence-electron chi connectivity index (χ0n) is 12.8. The molecule has 1 aromatic heterocycles. The maximum Gasteiger partial charge on any atom is 0.340 e. The molecule has 0 aliphatic carbocycles. The zero-order valence-corrected chi connectivity index (χ0v) is 13.5. The Morgan fingerprint density at radius 3 is 2.44 bits per heavy atom. The third-order valence-corrected chi connectivity index (χ3v) is 3.10. The molecule has 0 spiro atoms. The third-order valence-electron chi connectivity index (χ3n) is 2.87. The molecule has 9 heteroatoms. The Bertz CT molecular complexity index is 766. The maximum atomic E-state index is 12.7. The number of hydrogen-bond donors (Lipinski definition) is 2. The SMILES string of the molecule is O=C(COC(=O)c1ccc(Cl)nc1)NCC(=O)Nc1ccc(F)cc1. The van der Waals surface area contributed by atoms with Crippen LogP contribution >= 0.6 is 11.6 Å². The summed E-state index contributed by atoms with van der Waals surface area (Å²) in [6, 6.07) is 7.98. The van der Waals surface area contributed by atoms with Crippen LogP contribution in [0.4, 0.5) is 10.1 Å². The van der Waals surface area contributed by atoms with Gasteiger partial charge in [-0.15, -0.1) is 0 Å². The van der Waals surface area contributed by atoms with Gasteiger partial charge in [0.05, 0.1) is 12.1 Å². The van der Waals surface area contributed by atoms with Crippen molar-refractivity contribution in [3.63, 3.8) is 0 Å². The number of aromatic nitrogens is 1. The van der Waals surface area contributed by atoms with Crippen molar-refractivity contribution in [2.75, 3.05) is 18.5 Å². The fourth-order valence-electron chi connectivity index (χ4n) is 1.68. The van der Waals surface area contributed by atoms with Crippen molar-refractivity contribution in [1.29, 1.82) is 0 Å². The second-order valence-corrected chi connectivity index (χ2v) is 5.16. The summed E-state index contributed by atoms with van der Waals surface area (Å²) in [6.07, 6.45) is 1.22. The van der Waals surface area contributed by atoms with Crippen molar-refractivity contribution in [3.05, 3.63) is 59.1 Å². The highest BCUT2D eigenvalue weighted by atomic mass is 35.5. The van der Waals surface area contributed by atoms with E-state index in [0.29, 0.717) is 5.69 Å². The highest BCUT2D eigenvalue weighted by Gasteiger charge is 2.11. The van der Waals surface area contributed by atoms with E-state index in [1.165, 1.54) is 42.6 Å². The molecule has 2 N–H and O–H groups in total. The fourth-order valence-corrected chi connectivity index (χ4v) is 1.79. The van der Waals surface area contributed by atoms with Gasteiger partial charge < -0.3 is 15.4 Å². The quantitative estimate of drug-likeness (QED) is 0.600. The second-order valence-electron chi connectivity index (χ2n) is 4.78. The molecule has 0 saturated carbocycles. The van der Waals surface area contributed by atoms with Gasteiger partial charge in [-0.25, -0.2) is 14.2 Å². The summed E-state index contributed by atoms with van der Waals surface area (Å²) in [5.74, 6) is -2.32. The summed E-state index contributed by atoms with van der Waals surface area (Å²) in [7, 11) is 0. The number of nitrogens with zero attached hydrogens (tertiary/aromatic N) is 1. The maximum absolute atomic E-state index is 12.7. The van der Waals surface area contributed by atoms with Gasteiger partial charge in [-0.2, -0.15) is 0 Å². The number of benzene rings is 1. The lowest BCUT2D eigenvalue weighted by atomic mass is 10.3. The molecular weight excluding hydrogens is 353 g/mol. The average molecular weight is 366 g/mol. The lowest BCUT2D eigenvalue weighted by molar-refractivity contribution is -0.126. The number of pyridine rings is 1. The van der Waals surface area contributed by atoms with Gasteiger partial charge in [0.15, 0.2) is 6.61 Å². The smallest absolute Gasteiger partial charge is 0.340 e. The van der Waals surface area contributed by atoms with Gasteiger partial charge in [-0.05, 0) is 36.4 Å². The fraction of sp³-hybridized carbons (Fsp3) is 0.125. The van der Waals surface area contributed by atoms with Crippen LogP contribution in [-0.2, 0) is 14.3 Å². The molecular formula is C16H13ClFN3O4. The number of esters is 1. The summed E-state index contributed by atoms with van der Waals surface area (Å²) in [6.45, 7) is -0.873. The van der Waals surface area contributed by atoms with Crippen molar-refractivity contribution >= 4 is 35.1 Å². The van der Waals surface area contributed by atoms with Crippen LogP contribution in [0.5, 0.6) is 0 Å². The molecule has 7 nitrogen and oxygen atoms in total. The van der Waals surface area contributed by atoms with Gasteiger partial charge in [-0.3, -0.25) is 9.59 Å². The van der Waals surface area contributed by atoms with Crippen molar-refractivity contribution in [1.82, 2.24) is 10.3 Å². The van der Waals surface area contributed by atoms with Gasteiger partial charge in [-0.1, -0.05) is 11.6 Å². The lowest BCUT2D eigenvalue weighted by Gasteiger charge is -2.07. The van der Waals surface area contributed by atoms with Crippen LogP contribution < -0.4 is 10.6 Å². The number of rotatable bonds is 6. The minimum atomic E-state index is -0.741. The van der Waals surface area contributed by atoms with E-state index in [4.69, 9.17) is 16.3 Å². The van der Waals surface area contributed by atoms with Gasteiger partial charge in [0.25, 0.3) is 5.91 Å². The molecule has 0 bridgehead atoms. The normalized spacial score (nSPS) is 10.0. The molecule has 2 rings (SSSR count). The van der Waals surface area contributed by atoms with Crippen LogP contribution in [0, 0.1) is 5.82 Å². The number of hydrogen-bond acceptors (Lipinski definition) is 5. The largest absolute Gasteiger partial charge is 0.452 e. The summed E-state index contributed by atoms with van der Waals surface area (Å²) in [4.78, 5) is 38.6. The Kier molecular flexibility index (Phi) is 6.41. The molecule has 1 aromatic carbocycles. The Labute approximate surface area is 147 Å². The highest BCUT2D eigenvalue weighted by molar-refractivity contribution is 6.29. The van der Waals surface area contributed by atoms with Crippen LogP contribution in [0.15, 0.2) is 42.6 Å². The van der Waals surface area contributed by atoms with Crippen LogP contribution in [0.2, 0.25) is 5.15 Å². The number of nitrogens with one attached hydrogen (secondary N) is 2. The van der Waals surface area contributed by atoms with Crippen LogP contribution in [-0.4, -0.2) is 35.9 Å². The van der Waals surface area contributed by atoms with Gasteiger partial charge in [0.1, 0.15) is 11.0 Å². The molecule has 25 heavy (non-hydrogen) atoms. The predicted molar refractivity (Wildman–Crippen MR) is 87.6 cm³/mol. The Morgan fingerprint density at radius 2 is 1.80 bits per heavy atom. The summed E-state index contributed by atoms with van der Waals surface area (Å²) >= 11 is 5.60. The molecule has 0 aliphatic heterocycles. The molecule has 0 fully saturated rings. The number of anilines is 1. The van der Waals surface area contributed by atoms with Crippen molar-refractivity contribution in [2.45, 2.75) is 0 Å². The first-order valence-corrected chi connectivity index (χ1v) is 7.42. The molecule has 0 atom stereocenters. The molecule has 0 radical (unpaired) electrons. The minimum absolute atomic E-state index is 0.145. The van der Waals surface area contributed by atoms with Crippen molar-refractivity contribution < 1.29 is 23.5 Å². The van der Waals surface area contributed by atoms with E-state index >= 15 is 0 Å². The molecule has 0 aliphatic rings. The van der Waals surface area contributed by atoms with E-state index in [1.54, 1.807) is 0 Å². The summed E-state index contributed by atoms with van der Waals surface area (Å²) < 4.78 is 17.5. The van der Waals surface area contributed by atoms with E-state index in [9.17, 15) is 18.8 Å². The number of amides is 2. The Morgan fingerprint density at radius 1 is 1.08 bits per heavy atom. The molecule has 130 valence electrons.